The largest absolute Gasteiger partial charge is 0.321 e. The van der Waals surface area contributed by atoms with Crippen molar-refractivity contribution in [2.24, 2.45) is 0 Å². The Morgan fingerprint density at radius 1 is 0.964 bits per heavy atom. The molecule has 1 aromatic heterocycles. The van der Waals surface area contributed by atoms with Crippen molar-refractivity contribution in [3.8, 4) is 16.9 Å². The molecule has 3 aromatic carbocycles. The lowest BCUT2D eigenvalue weighted by molar-refractivity contribution is 0.102. The summed E-state index contributed by atoms with van der Waals surface area (Å²) < 4.78 is 2.62. The molecule has 1 heterocycles. The maximum absolute atomic E-state index is 13.1. The van der Waals surface area contributed by atoms with Gasteiger partial charge in [-0.25, -0.2) is 4.68 Å². The van der Waals surface area contributed by atoms with Crippen LogP contribution in [0.2, 0.25) is 5.02 Å². The molecule has 0 atom stereocenters. The number of para-hydroxylation sites is 2. The summed E-state index contributed by atoms with van der Waals surface area (Å²) in [6, 6.07) is 24.5. The van der Waals surface area contributed by atoms with Crippen LogP contribution >= 0.6 is 27.5 Å². The van der Waals surface area contributed by atoms with Crippen LogP contribution < -0.4 is 5.32 Å². The van der Waals surface area contributed by atoms with Gasteiger partial charge in [0.25, 0.3) is 5.91 Å². The van der Waals surface area contributed by atoms with Gasteiger partial charge in [0, 0.05) is 16.2 Å². The van der Waals surface area contributed by atoms with E-state index in [-0.39, 0.29) is 5.91 Å². The minimum absolute atomic E-state index is 0.273. The smallest absolute Gasteiger partial charge is 0.259 e. The number of nitrogens with zero attached hydrogens (tertiary/aromatic N) is 2. The highest BCUT2D eigenvalue weighted by molar-refractivity contribution is 9.10. The Kier molecular flexibility index (Phi) is 5.28. The molecule has 0 unspecified atom stereocenters. The van der Waals surface area contributed by atoms with Gasteiger partial charge in [-0.2, -0.15) is 5.10 Å². The van der Waals surface area contributed by atoms with E-state index in [1.807, 2.05) is 66.7 Å². The molecule has 0 bridgehead atoms. The Labute approximate surface area is 175 Å². The Bertz CT molecular complexity index is 1140. The zero-order chi connectivity index (χ0) is 19.5. The summed E-state index contributed by atoms with van der Waals surface area (Å²) in [6.07, 6.45) is 1.73. The first-order chi connectivity index (χ1) is 13.6. The quantitative estimate of drug-likeness (QED) is 0.400. The number of rotatable bonds is 4. The van der Waals surface area contributed by atoms with E-state index >= 15 is 0 Å². The molecule has 1 N–H and O–H groups in total. The van der Waals surface area contributed by atoms with Crippen molar-refractivity contribution in [2.45, 2.75) is 0 Å². The molecule has 0 aliphatic rings. The van der Waals surface area contributed by atoms with Crippen LogP contribution in [0, 0.1) is 0 Å². The molecule has 0 saturated carbocycles. The first kappa shape index (κ1) is 18.5. The summed E-state index contributed by atoms with van der Waals surface area (Å²) in [4.78, 5) is 13.1. The van der Waals surface area contributed by atoms with Crippen LogP contribution in [0.3, 0.4) is 0 Å². The molecule has 0 aliphatic heterocycles. The van der Waals surface area contributed by atoms with Crippen LogP contribution in [0.15, 0.2) is 89.5 Å². The highest BCUT2D eigenvalue weighted by atomic mass is 79.9. The second-order valence-corrected chi connectivity index (χ2v) is 7.44. The van der Waals surface area contributed by atoms with E-state index in [2.05, 4.69) is 26.3 Å². The fraction of sp³-hybridized carbons (Fsp3) is 0. The molecule has 4 aromatic rings. The van der Waals surface area contributed by atoms with Crippen LogP contribution in [-0.2, 0) is 0 Å². The maximum atomic E-state index is 13.1. The molecule has 0 aliphatic carbocycles. The zero-order valence-electron chi connectivity index (χ0n) is 14.6. The average Bonchev–Trinajstić information content (AvgIpc) is 3.16. The highest BCUT2D eigenvalue weighted by Gasteiger charge is 2.19. The number of hydrogen-bond acceptors (Lipinski definition) is 2. The van der Waals surface area contributed by atoms with Crippen LogP contribution in [0.25, 0.3) is 16.9 Å². The molecule has 6 heteroatoms. The standard InChI is InChI=1S/C22H15BrClN3O/c23-16-8-6-7-15(13-16)21-18(14-27(26-21)17-9-2-1-3-10-17)22(28)25-20-12-5-4-11-19(20)24/h1-14H,(H,25,28). The number of amides is 1. The van der Waals surface area contributed by atoms with Gasteiger partial charge in [0.1, 0.15) is 5.69 Å². The molecule has 1 amide bonds. The van der Waals surface area contributed by atoms with E-state index in [1.165, 1.54) is 0 Å². The lowest BCUT2D eigenvalue weighted by Gasteiger charge is -2.07. The van der Waals surface area contributed by atoms with E-state index in [0.29, 0.717) is 22.0 Å². The monoisotopic (exact) mass is 451 g/mol. The van der Waals surface area contributed by atoms with Crippen molar-refractivity contribution in [3.63, 3.8) is 0 Å². The maximum Gasteiger partial charge on any atom is 0.259 e. The van der Waals surface area contributed by atoms with E-state index in [9.17, 15) is 4.79 Å². The Morgan fingerprint density at radius 3 is 2.46 bits per heavy atom. The minimum atomic E-state index is -0.273. The van der Waals surface area contributed by atoms with E-state index in [0.717, 1.165) is 15.7 Å². The van der Waals surface area contributed by atoms with Crippen molar-refractivity contribution < 1.29 is 4.79 Å². The topological polar surface area (TPSA) is 46.9 Å². The van der Waals surface area contributed by atoms with Crippen molar-refractivity contribution in [1.82, 2.24) is 9.78 Å². The van der Waals surface area contributed by atoms with E-state index in [1.54, 1.807) is 23.0 Å². The molecule has 4 nitrogen and oxygen atoms in total. The minimum Gasteiger partial charge on any atom is -0.321 e. The Morgan fingerprint density at radius 2 is 1.71 bits per heavy atom. The average molecular weight is 453 g/mol. The molecular formula is C22H15BrClN3O. The SMILES string of the molecule is O=C(Nc1ccccc1Cl)c1cn(-c2ccccc2)nc1-c1cccc(Br)c1. The van der Waals surface area contributed by atoms with Crippen molar-refractivity contribution in [3.05, 3.63) is 100 Å². The van der Waals surface area contributed by atoms with Gasteiger partial charge < -0.3 is 5.32 Å². The van der Waals surface area contributed by atoms with Crippen molar-refractivity contribution >= 4 is 39.1 Å². The highest BCUT2D eigenvalue weighted by Crippen LogP contribution is 2.28. The number of halogens is 2. The molecule has 4 rings (SSSR count). The molecular weight excluding hydrogens is 438 g/mol. The number of carbonyl (C=O) groups excluding carboxylic acids is 1. The third-order valence-corrected chi connectivity index (χ3v) is 5.02. The number of nitrogens with one attached hydrogen (secondary N) is 1. The summed E-state index contributed by atoms with van der Waals surface area (Å²) in [6.45, 7) is 0. The second kappa shape index (κ2) is 8.00. The summed E-state index contributed by atoms with van der Waals surface area (Å²) >= 11 is 9.68. The number of carbonyl (C=O) groups is 1. The molecule has 28 heavy (non-hydrogen) atoms. The van der Waals surface area contributed by atoms with Crippen LogP contribution in [0.5, 0.6) is 0 Å². The number of hydrogen-bond donors (Lipinski definition) is 1. The van der Waals surface area contributed by atoms with E-state index in [4.69, 9.17) is 11.6 Å². The van der Waals surface area contributed by atoms with E-state index < -0.39 is 0 Å². The van der Waals surface area contributed by atoms with Gasteiger partial charge in [0.2, 0.25) is 0 Å². The van der Waals surface area contributed by atoms with Crippen molar-refractivity contribution in [1.29, 1.82) is 0 Å². The molecule has 0 spiro atoms. The third-order valence-electron chi connectivity index (χ3n) is 4.20. The lowest BCUT2D eigenvalue weighted by Crippen LogP contribution is -2.12. The van der Waals surface area contributed by atoms with Gasteiger partial charge in [0.05, 0.1) is 22.0 Å². The summed E-state index contributed by atoms with van der Waals surface area (Å²) in [7, 11) is 0. The normalized spacial score (nSPS) is 10.6. The predicted octanol–water partition coefficient (Wildman–Crippen LogP) is 6.21. The van der Waals surface area contributed by atoms with Crippen LogP contribution in [-0.4, -0.2) is 15.7 Å². The summed E-state index contributed by atoms with van der Waals surface area (Å²) in [5, 5.41) is 8.04. The Balaban J connectivity index is 1.79. The fourth-order valence-electron chi connectivity index (χ4n) is 2.85. The first-order valence-corrected chi connectivity index (χ1v) is 9.76. The van der Waals surface area contributed by atoms with Gasteiger partial charge in [-0.15, -0.1) is 0 Å². The number of aromatic nitrogens is 2. The van der Waals surface area contributed by atoms with Crippen LogP contribution in [0.1, 0.15) is 10.4 Å². The van der Waals surface area contributed by atoms with Gasteiger partial charge in [-0.05, 0) is 36.4 Å². The van der Waals surface area contributed by atoms with Gasteiger partial charge in [-0.1, -0.05) is 70.0 Å². The number of anilines is 1. The second-order valence-electron chi connectivity index (χ2n) is 6.12. The van der Waals surface area contributed by atoms with Crippen molar-refractivity contribution in [2.75, 3.05) is 5.32 Å². The molecule has 0 fully saturated rings. The number of benzene rings is 3. The van der Waals surface area contributed by atoms with Gasteiger partial charge in [0.15, 0.2) is 0 Å². The summed E-state index contributed by atoms with van der Waals surface area (Å²) in [5.74, 6) is -0.273. The fourth-order valence-corrected chi connectivity index (χ4v) is 3.44. The van der Waals surface area contributed by atoms with Crippen LogP contribution in [0.4, 0.5) is 5.69 Å². The van der Waals surface area contributed by atoms with Gasteiger partial charge >= 0.3 is 0 Å². The first-order valence-electron chi connectivity index (χ1n) is 8.59. The molecule has 138 valence electrons. The lowest BCUT2D eigenvalue weighted by atomic mass is 10.1. The van der Waals surface area contributed by atoms with Gasteiger partial charge in [-0.3, -0.25) is 4.79 Å². The summed E-state index contributed by atoms with van der Waals surface area (Å²) in [5.41, 5.74) is 3.32. The zero-order valence-corrected chi connectivity index (χ0v) is 17.0. The molecule has 0 radical (unpaired) electrons. The predicted molar refractivity (Wildman–Crippen MR) is 116 cm³/mol. The molecule has 0 saturated heterocycles. The third kappa shape index (κ3) is 3.86. The Hall–Kier alpha value is -2.89.